The van der Waals surface area contributed by atoms with E-state index in [1.54, 1.807) is 12.1 Å². The quantitative estimate of drug-likeness (QED) is 0.873. The zero-order valence-corrected chi connectivity index (χ0v) is 14.0. The molecule has 5 heteroatoms. The average molecular weight is 357 g/mol. The molecule has 0 saturated carbocycles. The van der Waals surface area contributed by atoms with Crippen LogP contribution < -0.4 is 5.32 Å². The van der Waals surface area contributed by atoms with Crippen LogP contribution in [0.15, 0.2) is 22.7 Å². The van der Waals surface area contributed by atoms with Crippen molar-refractivity contribution in [2.45, 2.75) is 38.6 Å². The fraction of sp³-hybridized carbons (Fsp3) is 0.562. The first-order chi connectivity index (χ1) is 10.1. The van der Waals surface area contributed by atoms with Gasteiger partial charge in [-0.3, -0.25) is 4.79 Å². The second-order valence-corrected chi connectivity index (χ2v) is 6.45. The molecule has 1 amide bonds. The lowest BCUT2D eigenvalue weighted by molar-refractivity contribution is -0.132. The van der Waals surface area contributed by atoms with Crippen molar-refractivity contribution in [1.29, 1.82) is 0 Å². The van der Waals surface area contributed by atoms with Crippen LogP contribution >= 0.6 is 15.9 Å². The third-order valence-corrected chi connectivity index (χ3v) is 4.42. The van der Waals surface area contributed by atoms with Crippen molar-refractivity contribution in [1.82, 2.24) is 10.2 Å². The van der Waals surface area contributed by atoms with Gasteiger partial charge in [0.05, 0.1) is 0 Å². The molecule has 1 unspecified atom stereocenters. The third-order valence-electron chi connectivity index (χ3n) is 3.92. The summed E-state index contributed by atoms with van der Waals surface area (Å²) in [5, 5.41) is 3.23. The lowest BCUT2D eigenvalue weighted by Gasteiger charge is -2.27. The third kappa shape index (κ3) is 4.78. The van der Waals surface area contributed by atoms with Crippen LogP contribution in [0.2, 0.25) is 0 Å². The number of benzene rings is 1. The minimum absolute atomic E-state index is 0.114. The number of nitrogens with zero attached hydrogens (tertiary/aromatic N) is 1. The average Bonchev–Trinajstić information content (AvgIpc) is 2.50. The number of amides is 1. The molecule has 1 aliphatic rings. The molecule has 1 N–H and O–H groups in total. The maximum atomic E-state index is 13.8. The van der Waals surface area contributed by atoms with Gasteiger partial charge in [-0.05, 0) is 44.4 Å². The Kier molecular flexibility index (Phi) is 6.18. The maximum Gasteiger partial charge on any atom is 0.223 e. The second kappa shape index (κ2) is 7.90. The van der Waals surface area contributed by atoms with Gasteiger partial charge in [0.1, 0.15) is 5.82 Å². The normalized spacial score (nSPS) is 16.8. The summed E-state index contributed by atoms with van der Waals surface area (Å²) in [7, 11) is 0. The molecular formula is C16H22BrFN2O. The maximum absolute atomic E-state index is 13.8. The summed E-state index contributed by atoms with van der Waals surface area (Å²) in [6, 6.07) is 4.80. The fourth-order valence-corrected chi connectivity index (χ4v) is 3.03. The highest BCUT2D eigenvalue weighted by atomic mass is 79.9. The number of carbonyl (C=O) groups is 1. The Balaban J connectivity index is 1.79. The van der Waals surface area contributed by atoms with Crippen LogP contribution in [-0.4, -0.2) is 30.4 Å². The minimum Gasteiger partial charge on any atom is -0.343 e. The summed E-state index contributed by atoms with van der Waals surface area (Å²) in [6.07, 6.45) is 3.92. The van der Waals surface area contributed by atoms with E-state index in [2.05, 4.69) is 21.2 Å². The number of rotatable bonds is 5. The van der Waals surface area contributed by atoms with Gasteiger partial charge in [0.2, 0.25) is 5.91 Å². The van der Waals surface area contributed by atoms with Gasteiger partial charge in [0, 0.05) is 42.1 Å². The minimum atomic E-state index is -0.222. The summed E-state index contributed by atoms with van der Waals surface area (Å²) in [5.74, 6) is -0.0235. The number of likely N-dealkylation sites (tertiary alicyclic amines) is 1. The molecule has 0 aromatic heterocycles. The molecule has 1 aromatic carbocycles. The van der Waals surface area contributed by atoms with E-state index >= 15 is 0 Å². The first kappa shape index (κ1) is 16.4. The summed E-state index contributed by atoms with van der Waals surface area (Å²) in [4.78, 5) is 14.0. The SMILES string of the molecule is CC(NCCC(=O)N1CCCCC1)c1cc(Br)ccc1F. The van der Waals surface area contributed by atoms with Gasteiger partial charge in [0.15, 0.2) is 0 Å². The molecule has 0 aliphatic carbocycles. The van der Waals surface area contributed by atoms with Crippen LogP contribution in [0, 0.1) is 5.82 Å². The molecule has 0 bridgehead atoms. The van der Waals surface area contributed by atoms with E-state index in [0.717, 1.165) is 30.4 Å². The smallest absolute Gasteiger partial charge is 0.223 e. The molecule has 1 saturated heterocycles. The predicted octanol–water partition coefficient (Wildman–Crippen LogP) is 3.64. The van der Waals surface area contributed by atoms with Crippen LogP contribution in [0.5, 0.6) is 0 Å². The Morgan fingerprint density at radius 1 is 1.38 bits per heavy atom. The molecule has 0 spiro atoms. The van der Waals surface area contributed by atoms with Crippen molar-refractivity contribution >= 4 is 21.8 Å². The second-order valence-electron chi connectivity index (χ2n) is 5.53. The van der Waals surface area contributed by atoms with Crippen molar-refractivity contribution < 1.29 is 9.18 Å². The molecule has 2 rings (SSSR count). The van der Waals surface area contributed by atoms with Crippen molar-refractivity contribution in [3.05, 3.63) is 34.1 Å². The van der Waals surface area contributed by atoms with Gasteiger partial charge in [-0.2, -0.15) is 0 Å². The highest BCUT2D eigenvalue weighted by molar-refractivity contribution is 9.10. The van der Waals surface area contributed by atoms with Gasteiger partial charge in [-0.15, -0.1) is 0 Å². The largest absolute Gasteiger partial charge is 0.343 e. The van der Waals surface area contributed by atoms with Gasteiger partial charge < -0.3 is 10.2 Å². The van der Waals surface area contributed by atoms with Crippen LogP contribution in [-0.2, 0) is 4.79 Å². The predicted molar refractivity (Wildman–Crippen MR) is 85.6 cm³/mol. The zero-order chi connectivity index (χ0) is 15.2. The van der Waals surface area contributed by atoms with Gasteiger partial charge in [-0.1, -0.05) is 15.9 Å². The molecule has 1 aliphatic heterocycles. The van der Waals surface area contributed by atoms with Crippen LogP contribution in [0.1, 0.15) is 44.2 Å². The Morgan fingerprint density at radius 2 is 2.10 bits per heavy atom. The number of carbonyl (C=O) groups excluding carboxylic acids is 1. The Bertz CT molecular complexity index is 489. The van der Waals surface area contributed by atoms with Crippen LogP contribution in [0.3, 0.4) is 0 Å². The number of nitrogens with one attached hydrogen (secondary N) is 1. The molecule has 1 aromatic rings. The molecule has 3 nitrogen and oxygen atoms in total. The van der Waals surface area contributed by atoms with Crippen molar-refractivity contribution in [2.24, 2.45) is 0 Å². The number of piperidine rings is 1. The summed E-state index contributed by atoms with van der Waals surface area (Å²) in [5.41, 5.74) is 0.620. The highest BCUT2D eigenvalue weighted by Gasteiger charge is 2.17. The van der Waals surface area contributed by atoms with Gasteiger partial charge in [-0.25, -0.2) is 4.39 Å². The van der Waals surface area contributed by atoms with Gasteiger partial charge >= 0.3 is 0 Å². The lowest BCUT2D eigenvalue weighted by Crippen LogP contribution is -2.37. The molecule has 21 heavy (non-hydrogen) atoms. The highest BCUT2D eigenvalue weighted by Crippen LogP contribution is 2.21. The molecule has 1 atom stereocenters. The van der Waals surface area contributed by atoms with Gasteiger partial charge in [0.25, 0.3) is 0 Å². The molecule has 1 fully saturated rings. The van der Waals surface area contributed by atoms with E-state index in [0.29, 0.717) is 18.5 Å². The fourth-order valence-electron chi connectivity index (χ4n) is 2.65. The summed E-state index contributed by atoms with van der Waals surface area (Å²) >= 11 is 3.35. The summed E-state index contributed by atoms with van der Waals surface area (Å²) in [6.45, 7) is 4.25. The molecule has 116 valence electrons. The lowest BCUT2D eigenvalue weighted by atomic mass is 10.1. The van der Waals surface area contributed by atoms with E-state index < -0.39 is 0 Å². The zero-order valence-electron chi connectivity index (χ0n) is 12.4. The number of halogens is 2. The summed E-state index contributed by atoms with van der Waals surface area (Å²) < 4.78 is 14.6. The van der Waals surface area contributed by atoms with E-state index in [4.69, 9.17) is 0 Å². The first-order valence-corrected chi connectivity index (χ1v) is 8.33. The molecular weight excluding hydrogens is 335 g/mol. The topological polar surface area (TPSA) is 32.3 Å². The van der Waals surface area contributed by atoms with Crippen LogP contribution in [0.4, 0.5) is 4.39 Å². The Hall–Kier alpha value is -0.940. The molecule has 0 radical (unpaired) electrons. The van der Waals surface area contributed by atoms with Crippen molar-refractivity contribution in [2.75, 3.05) is 19.6 Å². The van der Waals surface area contributed by atoms with E-state index in [1.165, 1.54) is 12.5 Å². The monoisotopic (exact) mass is 356 g/mol. The van der Waals surface area contributed by atoms with E-state index in [-0.39, 0.29) is 17.8 Å². The van der Waals surface area contributed by atoms with Crippen molar-refractivity contribution in [3.63, 3.8) is 0 Å². The number of hydrogen-bond acceptors (Lipinski definition) is 2. The standard InChI is InChI=1S/C16H22BrFN2O/c1-12(14-11-13(17)5-6-15(14)18)19-8-7-16(21)20-9-3-2-4-10-20/h5-6,11-12,19H,2-4,7-10H2,1H3. The van der Waals surface area contributed by atoms with E-state index in [9.17, 15) is 9.18 Å². The first-order valence-electron chi connectivity index (χ1n) is 7.54. The Morgan fingerprint density at radius 3 is 2.81 bits per heavy atom. The van der Waals surface area contributed by atoms with Crippen LogP contribution in [0.25, 0.3) is 0 Å². The number of hydrogen-bond donors (Lipinski definition) is 1. The van der Waals surface area contributed by atoms with Crippen molar-refractivity contribution in [3.8, 4) is 0 Å². The molecule has 1 heterocycles. The Labute approximate surface area is 134 Å². The van der Waals surface area contributed by atoms with E-state index in [1.807, 2.05) is 11.8 Å².